The Bertz CT molecular complexity index is 1480. The average Bonchev–Trinajstić information content (AvgIpc) is 3.27. The molecule has 4 heterocycles. The van der Waals surface area contributed by atoms with Gasteiger partial charge in [0, 0.05) is 24.8 Å². The standard InChI is InChI=1S/C25H21F2N5O2/c1-15-13-30(14-28-15)22-8-9-23-25(34)31(10-11-32(23)24(22)33)16(2)20-4-3-5-21(29-20)18-12-17(26)6-7-19(18)27/h3-9,12-14,16H,10-11H2,1-2H3/t16-/m0/s1. The van der Waals surface area contributed by atoms with Crippen LogP contribution in [0.1, 0.15) is 34.8 Å². The van der Waals surface area contributed by atoms with Crippen LogP contribution in [0.3, 0.4) is 0 Å². The molecule has 0 bridgehead atoms. The van der Waals surface area contributed by atoms with E-state index in [1.54, 1.807) is 52.3 Å². The molecule has 0 N–H and O–H groups in total. The van der Waals surface area contributed by atoms with Crippen LogP contribution in [0.25, 0.3) is 16.9 Å². The second kappa shape index (κ2) is 8.33. The van der Waals surface area contributed by atoms with Crippen LogP contribution in [0, 0.1) is 18.6 Å². The highest BCUT2D eigenvalue weighted by Crippen LogP contribution is 2.27. The summed E-state index contributed by atoms with van der Waals surface area (Å²) in [6.07, 6.45) is 3.32. The van der Waals surface area contributed by atoms with Crippen LogP contribution in [0.5, 0.6) is 0 Å². The number of nitrogens with zero attached hydrogens (tertiary/aromatic N) is 5. The van der Waals surface area contributed by atoms with Crippen LogP contribution in [0.15, 0.2) is 65.8 Å². The van der Waals surface area contributed by atoms with Crippen molar-refractivity contribution in [2.75, 3.05) is 6.54 Å². The molecular formula is C25H21F2N5O2. The largest absolute Gasteiger partial charge is 0.327 e. The molecule has 7 nitrogen and oxygen atoms in total. The Hall–Kier alpha value is -4.14. The Morgan fingerprint density at radius 3 is 2.62 bits per heavy atom. The van der Waals surface area contributed by atoms with E-state index in [4.69, 9.17) is 0 Å². The number of benzene rings is 1. The molecule has 0 spiro atoms. The summed E-state index contributed by atoms with van der Waals surface area (Å²) in [6, 6.07) is 11.1. The number of pyridine rings is 2. The summed E-state index contributed by atoms with van der Waals surface area (Å²) in [7, 11) is 0. The van der Waals surface area contributed by atoms with Crippen molar-refractivity contribution in [3.63, 3.8) is 0 Å². The molecule has 1 aromatic carbocycles. The maximum absolute atomic E-state index is 14.3. The van der Waals surface area contributed by atoms with Gasteiger partial charge in [0.1, 0.15) is 23.0 Å². The van der Waals surface area contributed by atoms with E-state index in [-0.39, 0.29) is 28.4 Å². The molecule has 1 atom stereocenters. The van der Waals surface area contributed by atoms with Crippen molar-refractivity contribution in [3.8, 4) is 16.9 Å². The van der Waals surface area contributed by atoms with Gasteiger partial charge >= 0.3 is 0 Å². The fraction of sp³-hybridized carbons (Fsp3) is 0.200. The van der Waals surface area contributed by atoms with Crippen LogP contribution in [-0.4, -0.2) is 36.5 Å². The third-order valence-electron chi connectivity index (χ3n) is 6.06. The Labute approximate surface area is 193 Å². The fourth-order valence-corrected chi connectivity index (χ4v) is 4.24. The van der Waals surface area contributed by atoms with Crippen LogP contribution < -0.4 is 5.56 Å². The van der Waals surface area contributed by atoms with Gasteiger partial charge in [-0.25, -0.2) is 13.8 Å². The third-order valence-corrected chi connectivity index (χ3v) is 6.06. The Morgan fingerprint density at radius 1 is 1.03 bits per heavy atom. The summed E-state index contributed by atoms with van der Waals surface area (Å²) < 4.78 is 31.0. The maximum Gasteiger partial charge on any atom is 0.275 e. The molecule has 0 saturated carbocycles. The average molecular weight is 461 g/mol. The molecule has 1 amide bonds. The summed E-state index contributed by atoms with van der Waals surface area (Å²) in [5.41, 5.74) is 2.10. The fourth-order valence-electron chi connectivity index (χ4n) is 4.24. The first-order valence-corrected chi connectivity index (χ1v) is 10.8. The Morgan fingerprint density at radius 2 is 1.85 bits per heavy atom. The van der Waals surface area contributed by atoms with E-state index in [1.807, 2.05) is 13.8 Å². The summed E-state index contributed by atoms with van der Waals surface area (Å²) in [4.78, 5) is 36.6. The van der Waals surface area contributed by atoms with Crippen molar-refractivity contribution in [2.45, 2.75) is 26.4 Å². The smallest absolute Gasteiger partial charge is 0.275 e. The summed E-state index contributed by atoms with van der Waals surface area (Å²) in [6.45, 7) is 4.28. The minimum Gasteiger partial charge on any atom is -0.327 e. The van der Waals surface area contributed by atoms with Crippen molar-refractivity contribution in [2.24, 2.45) is 0 Å². The molecule has 4 aromatic rings. The number of hydrogen-bond donors (Lipinski definition) is 0. The van der Waals surface area contributed by atoms with E-state index in [0.29, 0.717) is 24.5 Å². The molecule has 0 radical (unpaired) electrons. The zero-order chi connectivity index (χ0) is 24.0. The predicted octanol–water partition coefficient (Wildman–Crippen LogP) is 3.90. The van der Waals surface area contributed by atoms with E-state index in [2.05, 4.69) is 9.97 Å². The van der Waals surface area contributed by atoms with Crippen LogP contribution in [0.2, 0.25) is 0 Å². The molecule has 172 valence electrons. The topological polar surface area (TPSA) is 73.0 Å². The second-order valence-electron chi connectivity index (χ2n) is 8.23. The highest BCUT2D eigenvalue weighted by Gasteiger charge is 2.30. The SMILES string of the molecule is Cc1cn(-c2ccc3n(c2=O)CCN([C@@H](C)c2cccc(-c4cc(F)ccc4F)n2)C3=O)cn1. The van der Waals surface area contributed by atoms with Gasteiger partial charge in [0.15, 0.2) is 0 Å². The number of halogens is 2. The van der Waals surface area contributed by atoms with Crippen LogP contribution in [0.4, 0.5) is 8.78 Å². The molecule has 34 heavy (non-hydrogen) atoms. The lowest BCUT2D eigenvalue weighted by Crippen LogP contribution is -2.46. The summed E-state index contributed by atoms with van der Waals surface area (Å²) in [5.74, 6) is -1.44. The van der Waals surface area contributed by atoms with Gasteiger partial charge < -0.3 is 14.0 Å². The molecule has 1 aliphatic heterocycles. The first-order valence-electron chi connectivity index (χ1n) is 10.8. The van der Waals surface area contributed by atoms with Crippen molar-refractivity contribution in [1.29, 1.82) is 0 Å². The molecule has 0 fully saturated rings. The van der Waals surface area contributed by atoms with Gasteiger partial charge in [-0.3, -0.25) is 14.6 Å². The number of aryl methyl sites for hydroxylation is 1. The minimum atomic E-state index is -0.579. The third kappa shape index (κ3) is 3.68. The summed E-state index contributed by atoms with van der Waals surface area (Å²) >= 11 is 0. The highest BCUT2D eigenvalue weighted by atomic mass is 19.1. The monoisotopic (exact) mass is 461 g/mol. The zero-order valence-corrected chi connectivity index (χ0v) is 18.6. The minimum absolute atomic E-state index is 0.0539. The van der Waals surface area contributed by atoms with Crippen molar-refractivity contribution in [3.05, 3.63) is 100 Å². The van der Waals surface area contributed by atoms with E-state index in [9.17, 15) is 18.4 Å². The first-order chi connectivity index (χ1) is 16.3. The van der Waals surface area contributed by atoms with Crippen molar-refractivity contribution in [1.82, 2.24) is 24.0 Å². The lowest BCUT2D eigenvalue weighted by atomic mass is 10.1. The molecule has 5 rings (SSSR count). The van der Waals surface area contributed by atoms with Gasteiger partial charge in [0.05, 0.1) is 29.5 Å². The van der Waals surface area contributed by atoms with Gasteiger partial charge in [-0.2, -0.15) is 0 Å². The van der Waals surface area contributed by atoms with E-state index < -0.39 is 17.7 Å². The molecule has 0 unspecified atom stereocenters. The summed E-state index contributed by atoms with van der Waals surface area (Å²) in [5, 5.41) is 0. The van der Waals surface area contributed by atoms with Gasteiger partial charge in [-0.15, -0.1) is 0 Å². The number of aromatic nitrogens is 4. The molecule has 3 aromatic heterocycles. The molecule has 0 aliphatic carbocycles. The zero-order valence-electron chi connectivity index (χ0n) is 18.6. The van der Waals surface area contributed by atoms with Gasteiger partial charge in [0.25, 0.3) is 11.5 Å². The van der Waals surface area contributed by atoms with Crippen molar-refractivity contribution >= 4 is 5.91 Å². The number of carbonyl (C=O) groups is 1. The predicted molar refractivity (Wildman–Crippen MR) is 122 cm³/mol. The number of hydrogen-bond acceptors (Lipinski definition) is 4. The maximum atomic E-state index is 14.3. The number of fused-ring (bicyclic) bond motifs is 1. The Balaban J connectivity index is 1.46. The number of rotatable bonds is 4. The molecule has 9 heteroatoms. The molecule has 0 saturated heterocycles. The quantitative estimate of drug-likeness (QED) is 0.462. The van der Waals surface area contributed by atoms with Crippen molar-refractivity contribution < 1.29 is 13.6 Å². The second-order valence-corrected chi connectivity index (χ2v) is 8.23. The Kier molecular flexibility index (Phi) is 5.31. The van der Waals surface area contributed by atoms with Gasteiger partial charge in [-0.05, 0) is 56.3 Å². The highest BCUT2D eigenvalue weighted by molar-refractivity contribution is 5.93. The van der Waals surface area contributed by atoms with Gasteiger partial charge in [-0.1, -0.05) is 6.07 Å². The number of imidazole rings is 1. The normalized spacial score (nSPS) is 14.2. The van der Waals surface area contributed by atoms with E-state index in [1.165, 1.54) is 4.57 Å². The van der Waals surface area contributed by atoms with E-state index in [0.717, 1.165) is 23.9 Å². The number of amides is 1. The molecule has 1 aliphatic rings. The van der Waals surface area contributed by atoms with Crippen LogP contribution in [-0.2, 0) is 6.54 Å². The lowest BCUT2D eigenvalue weighted by molar-refractivity contribution is 0.0624. The van der Waals surface area contributed by atoms with E-state index >= 15 is 0 Å². The van der Waals surface area contributed by atoms with Gasteiger partial charge in [0.2, 0.25) is 0 Å². The van der Waals surface area contributed by atoms with Crippen LogP contribution >= 0.6 is 0 Å². The first kappa shape index (κ1) is 21.7. The molecular weight excluding hydrogens is 440 g/mol. The lowest BCUT2D eigenvalue weighted by Gasteiger charge is -2.34. The number of carbonyl (C=O) groups excluding carboxylic acids is 1.